The molecule has 0 bridgehead atoms. The molecule has 2 aliphatic rings. The van der Waals surface area contributed by atoms with Crippen LogP contribution in [0.4, 0.5) is 0 Å². The number of piperidine rings is 1. The zero-order valence-electron chi connectivity index (χ0n) is 12.6. The molecular formula is C16H22N2O3. The van der Waals surface area contributed by atoms with E-state index in [2.05, 4.69) is 18.3 Å². The van der Waals surface area contributed by atoms with Crippen molar-refractivity contribution in [3.8, 4) is 11.5 Å². The van der Waals surface area contributed by atoms with Gasteiger partial charge in [0.25, 0.3) is 0 Å². The second-order valence-corrected chi connectivity index (χ2v) is 5.80. The second kappa shape index (κ2) is 5.93. The van der Waals surface area contributed by atoms with Crippen LogP contribution in [0.3, 0.4) is 0 Å². The smallest absolute Gasteiger partial charge is 0.222 e. The van der Waals surface area contributed by atoms with Crippen molar-refractivity contribution in [3.05, 3.63) is 23.8 Å². The van der Waals surface area contributed by atoms with Gasteiger partial charge in [-0.05, 0) is 31.0 Å². The predicted octanol–water partition coefficient (Wildman–Crippen LogP) is 1.73. The topological polar surface area (TPSA) is 50.8 Å². The van der Waals surface area contributed by atoms with Crippen molar-refractivity contribution in [3.63, 3.8) is 0 Å². The molecule has 3 rings (SSSR count). The third-order valence-electron chi connectivity index (χ3n) is 4.18. The van der Waals surface area contributed by atoms with Gasteiger partial charge >= 0.3 is 0 Å². The molecule has 21 heavy (non-hydrogen) atoms. The Morgan fingerprint density at radius 2 is 2.05 bits per heavy atom. The third kappa shape index (κ3) is 3.13. The maximum atomic E-state index is 11.5. The van der Waals surface area contributed by atoms with Gasteiger partial charge in [-0.15, -0.1) is 0 Å². The average Bonchev–Trinajstić information content (AvgIpc) is 2.50. The Morgan fingerprint density at radius 3 is 2.81 bits per heavy atom. The SMILES string of the molecule is CC(NC1CCC(=O)N(C)C1)c1ccc2c(c1)OCCO2. The molecule has 114 valence electrons. The van der Waals surface area contributed by atoms with Gasteiger partial charge in [0.2, 0.25) is 5.91 Å². The zero-order valence-corrected chi connectivity index (χ0v) is 12.6. The van der Waals surface area contributed by atoms with E-state index in [4.69, 9.17) is 9.47 Å². The monoisotopic (exact) mass is 290 g/mol. The minimum Gasteiger partial charge on any atom is -0.486 e. The van der Waals surface area contributed by atoms with E-state index < -0.39 is 0 Å². The molecule has 1 fully saturated rings. The van der Waals surface area contributed by atoms with E-state index in [0.29, 0.717) is 25.7 Å². The number of carbonyl (C=O) groups excluding carboxylic acids is 1. The summed E-state index contributed by atoms with van der Waals surface area (Å²) >= 11 is 0. The van der Waals surface area contributed by atoms with Crippen LogP contribution in [0.1, 0.15) is 31.4 Å². The molecule has 5 heteroatoms. The maximum absolute atomic E-state index is 11.5. The van der Waals surface area contributed by atoms with Crippen LogP contribution in [0.25, 0.3) is 0 Å². The molecule has 1 aromatic rings. The Balaban J connectivity index is 1.65. The lowest BCUT2D eigenvalue weighted by Gasteiger charge is -2.32. The normalized spacial score (nSPS) is 23.0. The molecule has 1 amide bonds. The summed E-state index contributed by atoms with van der Waals surface area (Å²) in [7, 11) is 1.87. The van der Waals surface area contributed by atoms with E-state index in [9.17, 15) is 4.79 Å². The quantitative estimate of drug-likeness (QED) is 0.921. The summed E-state index contributed by atoms with van der Waals surface area (Å²) < 4.78 is 11.2. The number of carbonyl (C=O) groups is 1. The van der Waals surface area contributed by atoms with Gasteiger partial charge in [-0.2, -0.15) is 0 Å². The van der Waals surface area contributed by atoms with Crippen molar-refractivity contribution in [2.24, 2.45) is 0 Å². The number of rotatable bonds is 3. The fourth-order valence-corrected chi connectivity index (χ4v) is 2.93. The summed E-state index contributed by atoms with van der Waals surface area (Å²) in [5.74, 6) is 1.88. The second-order valence-electron chi connectivity index (χ2n) is 5.80. The molecule has 5 nitrogen and oxygen atoms in total. The summed E-state index contributed by atoms with van der Waals surface area (Å²) in [6, 6.07) is 6.65. The highest BCUT2D eigenvalue weighted by atomic mass is 16.6. The number of nitrogens with zero attached hydrogens (tertiary/aromatic N) is 1. The lowest BCUT2D eigenvalue weighted by Crippen LogP contribution is -2.47. The minimum absolute atomic E-state index is 0.215. The lowest BCUT2D eigenvalue weighted by atomic mass is 10.0. The number of ether oxygens (including phenoxy) is 2. The molecule has 2 unspecified atom stereocenters. The van der Waals surface area contributed by atoms with E-state index in [1.54, 1.807) is 4.90 Å². The molecule has 2 aliphatic heterocycles. The Morgan fingerprint density at radius 1 is 1.29 bits per heavy atom. The Bertz CT molecular complexity index is 532. The van der Waals surface area contributed by atoms with Crippen LogP contribution < -0.4 is 14.8 Å². The Hall–Kier alpha value is -1.75. The molecular weight excluding hydrogens is 268 g/mol. The first-order valence-electron chi connectivity index (χ1n) is 7.53. The van der Waals surface area contributed by atoms with Gasteiger partial charge in [0.05, 0.1) is 0 Å². The van der Waals surface area contributed by atoms with E-state index in [0.717, 1.165) is 24.5 Å². The third-order valence-corrected chi connectivity index (χ3v) is 4.18. The molecule has 0 saturated carbocycles. The molecule has 0 spiro atoms. The Labute approximate surface area is 125 Å². The minimum atomic E-state index is 0.215. The van der Waals surface area contributed by atoms with Gasteiger partial charge in [0.1, 0.15) is 13.2 Å². The zero-order chi connectivity index (χ0) is 14.8. The number of likely N-dealkylation sites (tertiary alicyclic amines) is 1. The number of amides is 1. The fourth-order valence-electron chi connectivity index (χ4n) is 2.93. The predicted molar refractivity (Wildman–Crippen MR) is 79.6 cm³/mol. The van der Waals surface area contributed by atoms with Crippen molar-refractivity contribution in [2.75, 3.05) is 26.8 Å². The van der Waals surface area contributed by atoms with Gasteiger partial charge in [0, 0.05) is 32.1 Å². The van der Waals surface area contributed by atoms with E-state index in [-0.39, 0.29) is 11.9 Å². The number of likely N-dealkylation sites (N-methyl/N-ethyl adjacent to an activating group) is 1. The van der Waals surface area contributed by atoms with Gasteiger partial charge in [-0.25, -0.2) is 0 Å². The van der Waals surface area contributed by atoms with Crippen molar-refractivity contribution in [1.29, 1.82) is 0 Å². The first-order valence-corrected chi connectivity index (χ1v) is 7.53. The van der Waals surface area contributed by atoms with E-state index in [1.165, 1.54) is 5.56 Å². The number of fused-ring (bicyclic) bond motifs is 1. The first-order chi connectivity index (χ1) is 10.1. The average molecular weight is 290 g/mol. The fraction of sp³-hybridized carbons (Fsp3) is 0.562. The summed E-state index contributed by atoms with van der Waals surface area (Å²) in [4.78, 5) is 13.3. The molecule has 1 aromatic carbocycles. The van der Waals surface area contributed by atoms with Gasteiger partial charge in [-0.1, -0.05) is 6.07 Å². The van der Waals surface area contributed by atoms with Crippen molar-refractivity contribution in [1.82, 2.24) is 10.2 Å². The molecule has 1 N–H and O–H groups in total. The first kappa shape index (κ1) is 14.2. The molecule has 2 heterocycles. The number of hydrogen-bond donors (Lipinski definition) is 1. The van der Waals surface area contributed by atoms with Crippen LogP contribution in [0, 0.1) is 0 Å². The lowest BCUT2D eigenvalue weighted by molar-refractivity contribution is -0.132. The summed E-state index contributed by atoms with van der Waals surface area (Å²) in [6.45, 7) is 4.13. The highest BCUT2D eigenvalue weighted by Gasteiger charge is 2.24. The summed E-state index contributed by atoms with van der Waals surface area (Å²) in [5, 5.41) is 3.60. The molecule has 1 saturated heterocycles. The number of hydrogen-bond acceptors (Lipinski definition) is 4. The van der Waals surface area contributed by atoms with Crippen LogP contribution in [-0.4, -0.2) is 43.7 Å². The maximum Gasteiger partial charge on any atom is 0.222 e. The summed E-state index contributed by atoms with van der Waals surface area (Å²) in [5.41, 5.74) is 1.18. The molecule has 0 aliphatic carbocycles. The van der Waals surface area contributed by atoms with Crippen LogP contribution in [0.5, 0.6) is 11.5 Å². The molecule has 0 aromatic heterocycles. The van der Waals surface area contributed by atoms with Crippen LogP contribution in [-0.2, 0) is 4.79 Å². The number of nitrogens with one attached hydrogen (secondary N) is 1. The van der Waals surface area contributed by atoms with Crippen LogP contribution >= 0.6 is 0 Å². The van der Waals surface area contributed by atoms with Crippen molar-refractivity contribution < 1.29 is 14.3 Å². The van der Waals surface area contributed by atoms with Crippen molar-refractivity contribution in [2.45, 2.75) is 31.8 Å². The summed E-state index contributed by atoms with van der Waals surface area (Å²) in [6.07, 6.45) is 1.53. The van der Waals surface area contributed by atoms with Gasteiger partial charge < -0.3 is 19.7 Å². The van der Waals surface area contributed by atoms with Crippen LogP contribution in [0.2, 0.25) is 0 Å². The largest absolute Gasteiger partial charge is 0.486 e. The Kier molecular flexibility index (Phi) is 4.01. The van der Waals surface area contributed by atoms with Gasteiger partial charge in [-0.3, -0.25) is 4.79 Å². The standard InChI is InChI=1S/C16H22N2O3/c1-11(17-13-4-6-16(19)18(2)10-13)12-3-5-14-15(9-12)21-8-7-20-14/h3,5,9,11,13,17H,4,6-8,10H2,1-2H3. The number of benzene rings is 1. The molecule has 0 radical (unpaired) electrons. The van der Waals surface area contributed by atoms with E-state index >= 15 is 0 Å². The van der Waals surface area contributed by atoms with Crippen molar-refractivity contribution >= 4 is 5.91 Å². The molecule has 2 atom stereocenters. The van der Waals surface area contributed by atoms with E-state index in [1.807, 2.05) is 19.2 Å². The highest BCUT2D eigenvalue weighted by Crippen LogP contribution is 2.32. The van der Waals surface area contributed by atoms with Crippen LogP contribution in [0.15, 0.2) is 18.2 Å². The van der Waals surface area contributed by atoms with Gasteiger partial charge in [0.15, 0.2) is 11.5 Å². The highest BCUT2D eigenvalue weighted by molar-refractivity contribution is 5.76.